The van der Waals surface area contributed by atoms with Crippen molar-refractivity contribution in [3.63, 3.8) is 0 Å². The summed E-state index contributed by atoms with van der Waals surface area (Å²) in [5.74, 6) is -0.910. The van der Waals surface area contributed by atoms with Crippen LogP contribution < -0.4 is 5.32 Å². The summed E-state index contributed by atoms with van der Waals surface area (Å²) in [5, 5.41) is 12.1. The quantitative estimate of drug-likeness (QED) is 0.871. The summed E-state index contributed by atoms with van der Waals surface area (Å²) < 4.78 is 0.953. The number of carbonyl (C=O) groups is 2. The molecule has 1 heterocycles. The number of carboxylic acids is 1. The molecule has 0 aliphatic carbocycles. The third kappa shape index (κ3) is 4.28. The standard InChI is InChI=1S/C15H19BrN2O3/c1-15(14(20)21)7-2-8-18(10-15)9-13(19)17-12-5-3-11(16)4-6-12/h3-6H,2,7-10H2,1H3,(H,17,19)(H,20,21). The minimum atomic E-state index is -0.791. The summed E-state index contributed by atoms with van der Waals surface area (Å²) in [5.41, 5.74) is -0.0166. The number of amides is 1. The van der Waals surface area contributed by atoms with Crippen molar-refractivity contribution in [2.24, 2.45) is 5.41 Å². The second-order valence-corrected chi connectivity index (χ2v) is 6.65. The molecule has 21 heavy (non-hydrogen) atoms. The molecule has 1 atom stereocenters. The summed E-state index contributed by atoms with van der Waals surface area (Å²) >= 11 is 3.34. The summed E-state index contributed by atoms with van der Waals surface area (Å²) in [4.78, 5) is 25.2. The molecule has 2 rings (SSSR count). The van der Waals surface area contributed by atoms with Crippen molar-refractivity contribution < 1.29 is 14.7 Å². The largest absolute Gasteiger partial charge is 0.481 e. The van der Waals surface area contributed by atoms with Crippen LogP contribution in [0.1, 0.15) is 19.8 Å². The molecule has 114 valence electrons. The fraction of sp³-hybridized carbons (Fsp3) is 0.467. The minimum Gasteiger partial charge on any atom is -0.481 e. The number of carbonyl (C=O) groups excluding carboxylic acids is 1. The average Bonchev–Trinajstić information content (AvgIpc) is 2.41. The molecule has 0 aromatic heterocycles. The lowest BCUT2D eigenvalue weighted by molar-refractivity contribution is -0.151. The van der Waals surface area contributed by atoms with Crippen molar-refractivity contribution in [2.45, 2.75) is 19.8 Å². The van der Waals surface area contributed by atoms with Gasteiger partial charge in [0.05, 0.1) is 12.0 Å². The highest BCUT2D eigenvalue weighted by atomic mass is 79.9. The van der Waals surface area contributed by atoms with Gasteiger partial charge in [-0.15, -0.1) is 0 Å². The highest BCUT2D eigenvalue weighted by molar-refractivity contribution is 9.10. The zero-order valence-corrected chi connectivity index (χ0v) is 13.5. The number of piperidine rings is 1. The molecule has 1 unspecified atom stereocenters. The molecular weight excluding hydrogens is 336 g/mol. The number of nitrogens with zero attached hydrogens (tertiary/aromatic N) is 1. The lowest BCUT2D eigenvalue weighted by Crippen LogP contribution is -2.48. The molecule has 1 amide bonds. The Labute approximate surface area is 132 Å². The normalized spacial score (nSPS) is 22.8. The molecule has 1 fully saturated rings. The zero-order valence-electron chi connectivity index (χ0n) is 11.9. The highest BCUT2D eigenvalue weighted by Crippen LogP contribution is 2.29. The maximum absolute atomic E-state index is 12.0. The molecule has 1 saturated heterocycles. The van der Waals surface area contributed by atoms with E-state index in [2.05, 4.69) is 21.2 Å². The first-order valence-electron chi connectivity index (χ1n) is 6.90. The van der Waals surface area contributed by atoms with Crippen LogP contribution in [0.4, 0.5) is 5.69 Å². The van der Waals surface area contributed by atoms with Gasteiger partial charge in [-0.3, -0.25) is 14.5 Å². The molecule has 1 aromatic carbocycles. The molecule has 2 N–H and O–H groups in total. The number of aliphatic carboxylic acids is 1. The van der Waals surface area contributed by atoms with E-state index in [9.17, 15) is 14.7 Å². The third-order valence-corrected chi connectivity index (χ3v) is 4.32. The predicted molar refractivity (Wildman–Crippen MR) is 84.2 cm³/mol. The van der Waals surface area contributed by atoms with E-state index in [4.69, 9.17) is 0 Å². The molecule has 0 saturated carbocycles. The minimum absolute atomic E-state index is 0.119. The van der Waals surface area contributed by atoms with Crippen molar-refractivity contribution in [1.82, 2.24) is 4.90 Å². The fourth-order valence-corrected chi connectivity index (χ4v) is 2.86. The maximum atomic E-state index is 12.0. The summed E-state index contributed by atoms with van der Waals surface area (Å²) in [6.45, 7) is 3.14. The van der Waals surface area contributed by atoms with Crippen LogP contribution in [0.5, 0.6) is 0 Å². The number of halogens is 1. The van der Waals surface area contributed by atoms with Crippen LogP contribution in [-0.2, 0) is 9.59 Å². The lowest BCUT2D eigenvalue weighted by atomic mass is 9.82. The number of nitrogens with one attached hydrogen (secondary N) is 1. The monoisotopic (exact) mass is 354 g/mol. The zero-order chi connectivity index (χ0) is 15.5. The molecule has 1 aliphatic rings. The smallest absolute Gasteiger partial charge is 0.310 e. The van der Waals surface area contributed by atoms with Gasteiger partial charge in [-0.1, -0.05) is 15.9 Å². The third-order valence-electron chi connectivity index (χ3n) is 3.79. The Bertz CT molecular complexity index is 532. The number of benzene rings is 1. The molecule has 6 heteroatoms. The fourth-order valence-electron chi connectivity index (χ4n) is 2.59. The van der Waals surface area contributed by atoms with Crippen LogP contribution in [0, 0.1) is 5.41 Å². The number of anilines is 1. The van der Waals surface area contributed by atoms with Gasteiger partial charge in [0.15, 0.2) is 0 Å². The highest BCUT2D eigenvalue weighted by Gasteiger charge is 2.38. The van der Waals surface area contributed by atoms with Gasteiger partial charge < -0.3 is 10.4 Å². The lowest BCUT2D eigenvalue weighted by Gasteiger charge is -2.37. The van der Waals surface area contributed by atoms with Crippen LogP contribution >= 0.6 is 15.9 Å². The Morgan fingerprint density at radius 1 is 1.38 bits per heavy atom. The molecule has 0 radical (unpaired) electrons. The van der Waals surface area contributed by atoms with Crippen molar-refractivity contribution in [3.8, 4) is 0 Å². The second kappa shape index (κ2) is 6.58. The first-order chi connectivity index (χ1) is 9.89. The molecular formula is C15H19BrN2O3. The summed E-state index contributed by atoms with van der Waals surface area (Å²) in [7, 11) is 0. The Morgan fingerprint density at radius 3 is 2.67 bits per heavy atom. The van der Waals surface area contributed by atoms with E-state index in [0.29, 0.717) is 13.0 Å². The number of likely N-dealkylation sites (tertiary alicyclic amines) is 1. The van der Waals surface area contributed by atoms with E-state index in [0.717, 1.165) is 23.1 Å². The second-order valence-electron chi connectivity index (χ2n) is 5.74. The topological polar surface area (TPSA) is 69.6 Å². The van der Waals surface area contributed by atoms with Crippen molar-refractivity contribution in [3.05, 3.63) is 28.7 Å². The first-order valence-corrected chi connectivity index (χ1v) is 7.69. The number of hydrogen-bond acceptors (Lipinski definition) is 3. The van der Waals surface area contributed by atoms with Crippen molar-refractivity contribution in [2.75, 3.05) is 25.0 Å². The molecule has 5 nitrogen and oxygen atoms in total. The van der Waals surface area contributed by atoms with E-state index in [1.165, 1.54) is 0 Å². The van der Waals surface area contributed by atoms with Crippen LogP contribution in [0.25, 0.3) is 0 Å². The molecule has 1 aliphatic heterocycles. The van der Waals surface area contributed by atoms with Gasteiger partial charge in [0, 0.05) is 16.7 Å². The summed E-state index contributed by atoms with van der Waals surface area (Å²) in [6, 6.07) is 7.36. The first kappa shape index (κ1) is 16.0. The van der Waals surface area contributed by atoms with Crippen molar-refractivity contribution in [1.29, 1.82) is 0 Å². The number of rotatable bonds is 4. The SMILES string of the molecule is CC1(C(=O)O)CCCN(CC(=O)Nc2ccc(Br)cc2)C1. The van der Waals surface area contributed by atoms with Gasteiger partial charge in [-0.25, -0.2) is 0 Å². The van der Waals surface area contributed by atoms with Gasteiger partial charge in [0.1, 0.15) is 0 Å². The van der Waals surface area contributed by atoms with Crippen molar-refractivity contribution >= 4 is 33.5 Å². The van der Waals surface area contributed by atoms with Gasteiger partial charge in [-0.2, -0.15) is 0 Å². The summed E-state index contributed by atoms with van der Waals surface area (Å²) in [6.07, 6.45) is 1.46. The van der Waals surface area contributed by atoms with E-state index >= 15 is 0 Å². The van der Waals surface area contributed by atoms with Gasteiger partial charge in [0.2, 0.25) is 5.91 Å². The number of carboxylic acid groups (broad SMARTS) is 1. The van der Waals surface area contributed by atoms with Crippen LogP contribution in [0.15, 0.2) is 28.7 Å². The van der Waals surface area contributed by atoms with Gasteiger partial charge in [-0.05, 0) is 50.6 Å². The molecule has 0 bridgehead atoms. The van der Waals surface area contributed by atoms with Gasteiger partial charge in [0.25, 0.3) is 0 Å². The van der Waals surface area contributed by atoms with Gasteiger partial charge >= 0.3 is 5.97 Å². The Morgan fingerprint density at radius 2 is 2.05 bits per heavy atom. The molecule has 1 aromatic rings. The Hall–Kier alpha value is -1.40. The van der Waals surface area contributed by atoms with Crippen LogP contribution in [0.2, 0.25) is 0 Å². The average molecular weight is 355 g/mol. The van der Waals surface area contributed by atoms with E-state index in [1.54, 1.807) is 6.92 Å². The van der Waals surface area contributed by atoms with E-state index in [-0.39, 0.29) is 12.5 Å². The number of hydrogen-bond donors (Lipinski definition) is 2. The van der Waals surface area contributed by atoms with E-state index in [1.807, 2.05) is 29.2 Å². The van der Waals surface area contributed by atoms with E-state index < -0.39 is 11.4 Å². The van der Waals surface area contributed by atoms with Crippen LogP contribution in [-0.4, -0.2) is 41.5 Å². The maximum Gasteiger partial charge on any atom is 0.310 e. The Kier molecular flexibility index (Phi) is 5.00. The molecule has 0 spiro atoms. The predicted octanol–water partition coefficient (Wildman–Crippen LogP) is 2.57. The van der Waals surface area contributed by atoms with Crippen LogP contribution in [0.3, 0.4) is 0 Å². The Balaban J connectivity index is 1.90.